The predicted octanol–water partition coefficient (Wildman–Crippen LogP) is 2.69. The van der Waals surface area contributed by atoms with Gasteiger partial charge >= 0.3 is 5.97 Å². The molecule has 0 aliphatic heterocycles. The van der Waals surface area contributed by atoms with Gasteiger partial charge in [0.15, 0.2) is 6.61 Å². The summed E-state index contributed by atoms with van der Waals surface area (Å²) in [7, 11) is 0. The van der Waals surface area contributed by atoms with Gasteiger partial charge in [-0.15, -0.1) is 0 Å². The second kappa shape index (κ2) is 7.79. The number of benzene rings is 1. The third-order valence-electron chi connectivity index (χ3n) is 2.61. The fourth-order valence-electron chi connectivity index (χ4n) is 1.82. The average Bonchev–Trinajstić information content (AvgIpc) is 2.36. The van der Waals surface area contributed by atoms with Gasteiger partial charge in [-0.2, -0.15) is 0 Å². The van der Waals surface area contributed by atoms with Crippen LogP contribution in [0, 0.1) is 0 Å². The molecule has 0 spiro atoms. The molecule has 0 bridgehead atoms. The quantitative estimate of drug-likeness (QED) is 0.770. The molecule has 0 aromatic heterocycles. The van der Waals surface area contributed by atoms with Gasteiger partial charge in [-0.25, -0.2) is 4.79 Å². The monoisotopic (exact) mass is 265 g/mol. The molecule has 1 aromatic carbocycles. The summed E-state index contributed by atoms with van der Waals surface area (Å²) in [5.74, 6) is 0.373. The van der Waals surface area contributed by atoms with Crippen LogP contribution in [0.5, 0.6) is 5.75 Å². The molecule has 106 valence electrons. The Morgan fingerprint density at radius 1 is 1.26 bits per heavy atom. The highest BCUT2D eigenvalue weighted by Crippen LogP contribution is 2.24. The summed E-state index contributed by atoms with van der Waals surface area (Å²) in [6.45, 7) is 8.58. The molecule has 1 N–H and O–H groups in total. The summed E-state index contributed by atoms with van der Waals surface area (Å²) in [5, 5.41) is 3.33. The van der Waals surface area contributed by atoms with Crippen LogP contribution in [-0.4, -0.2) is 25.2 Å². The van der Waals surface area contributed by atoms with Crippen molar-refractivity contribution in [1.82, 2.24) is 5.32 Å². The minimum absolute atomic E-state index is 0.0615. The van der Waals surface area contributed by atoms with Crippen LogP contribution in [0.2, 0.25) is 0 Å². The van der Waals surface area contributed by atoms with Crippen LogP contribution in [0.1, 0.15) is 39.3 Å². The maximum atomic E-state index is 11.5. The highest BCUT2D eigenvalue weighted by molar-refractivity contribution is 5.71. The van der Waals surface area contributed by atoms with E-state index < -0.39 is 0 Å². The van der Waals surface area contributed by atoms with Gasteiger partial charge in [-0.3, -0.25) is 0 Å². The summed E-state index contributed by atoms with van der Waals surface area (Å²) in [6, 6.07) is 7.90. The highest BCUT2D eigenvalue weighted by atomic mass is 16.6. The van der Waals surface area contributed by atoms with Crippen LogP contribution in [0.3, 0.4) is 0 Å². The van der Waals surface area contributed by atoms with E-state index in [9.17, 15) is 4.79 Å². The van der Waals surface area contributed by atoms with Gasteiger partial charge in [0, 0.05) is 11.6 Å². The number of esters is 1. The number of para-hydroxylation sites is 1. The second-order valence-corrected chi connectivity index (χ2v) is 4.64. The van der Waals surface area contributed by atoms with Gasteiger partial charge in [0.25, 0.3) is 0 Å². The Labute approximate surface area is 115 Å². The molecule has 19 heavy (non-hydrogen) atoms. The number of carbonyl (C=O) groups excluding carboxylic acids is 1. The Balaban J connectivity index is 2.65. The topological polar surface area (TPSA) is 47.6 Å². The first kappa shape index (κ1) is 15.5. The average molecular weight is 265 g/mol. The SMILES string of the molecule is CCNC(C)c1ccccc1OCC(=O)OC(C)C. The van der Waals surface area contributed by atoms with Crippen molar-refractivity contribution in [3.63, 3.8) is 0 Å². The lowest BCUT2D eigenvalue weighted by atomic mass is 10.1. The molecule has 0 radical (unpaired) electrons. The second-order valence-electron chi connectivity index (χ2n) is 4.64. The standard InChI is InChI=1S/C15H23NO3/c1-5-16-12(4)13-8-6-7-9-14(13)18-10-15(17)19-11(2)3/h6-9,11-12,16H,5,10H2,1-4H3. The molecular formula is C15H23NO3. The van der Waals surface area contributed by atoms with E-state index in [2.05, 4.69) is 19.2 Å². The van der Waals surface area contributed by atoms with Crippen molar-refractivity contribution in [3.8, 4) is 5.75 Å². The van der Waals surface area contributed by atoms with Crippen LogP contribution >= 0.6 is 0 Å². The summed E-state index contributed by atoms with van der Waals surface area (Å²) in [6.07, 6.45) is -0.118. The Morgan fingerprint density at radius 2 is 1.95 bits per heavy atom. The largest absolute Gasteiger partial charge is 0.482 e. The van der Waals surface area contributed by atoms with E-state index in [4.69, 9.17) is 9.47 Å². The summed E-state index contributed by atoms with van der Waals surface area (Å²) < 4.78 is 10.6. The van der Waals surface area contributed by atoms with Crippen molar-refractivity contribution >= 4 is 5.97 Å². The van der Waals surface area contributed by atoms with E-state index in [-0.39, 0.29) is 24.7 Å². The lowest BCUT2D eigenvalue weighted by Crippen LogP contribution is -2.21. The lowest BCUT2D eigenvalue weighted by Gasteiger charge is -2.17. The molecule has 0 fully saturated rings. The van der Waals surface area contributed by atoms with E-state index in [0.29, 0.717) is 0 Å². The number of nitrogens with one attached hydrogen (secondary N) is 1. The third-order valence-corrected chi connectivity index (χ3v) is 2.61. The Morgan fingerprint density at radius 3 is 2.58 bits per heavy atom. The van der Waals surface area contributed by atoms with E-state index in [1.165, 1.54) is 0 Å². The van der Waals surface area contributed by atoms with Crippen molar-refractivity contribution in [2.75, 3.05) is 13.2 Å². The predicted molar refractivity (Wildman–Crippen MR) is 75.3 cm³/mol. The van der Waals surface area contributed by atoms with E-state index in [1.807, 2.05) is 38.1 Å². The van der Waals surface area contributed by atoms with Crippen LogP contribution in [0.15, 0.2) is 24.3 Å². The molecule has 0 saturated carbocycles. The van der Waals surface area contributed by atoms with Crippen molar-refractivity contribution in [3.05, 3.63) is 29.8 Å². The highest BCUT2D eigenvalue weighted by Gasteiger charge is 2.12. The summed E-state index contributed by atoms with van der Waals surface area (Å²) in [4.78, 5) is 11.5. The molecule has 0 aliphatic rings. The van der Waals surface area contributed by atoms with Crippen molar-refractivity contribution in [2.45, 2.75) is 39.8 Å². The summed E-state index contributed by atoms with van der Waals surface area (Å²) in [5.41, 5.74) is 1.04. The first-order valence-electron chi connectivity index (χ1n) is 6.69. The molecule has 1 atom stereocenters. The van der Waals surface area contributed by atoms with E-state index in [0.717, 1.165) is 17.9 Å². The third kappa shape index (κ3) is 5.30. The molecule has 0 saturated heterocycles. The normalized spacial score (nSPS) is 12.3. The minimum atomic E-state index is -0.346. The molecule has 1 aromatic rings. The molecule has 4 heteroatoms. The van der Waals surface area contributed by atoms with Crippen LogP contribution in [0.25, 0.3) is 0 Å². The molecular weight excluding hydrogens is 242 g/mol. The first-order chi connectivity index (χ1) is 9.04. The lowest BCUT2D eigenvalue weighted by molar-refractivity contribution is -0.149. The van der Waals surface area contributed by atoms with Gasteiger partial charge in [0.2, 0.25) is 0 Å². The van der Waals surface area contributed by atoms with Crippen LogP contribution in [-0.2, 0) is 9.53 Å². The number of carbonyl (C=O) groups is 1. The Hall–Kier alpha value is -1.55. The Kier molecular flexibility index (Phi) is 6.36. The number of hydrogen-bond acceptors (Lipinski definition) is 4. The van der Waals surface area contributed by atoms with E-state index >= 15 is 0 Å². The number of hydrogen-bond donors (Lipinski definition) is 1. The van der Waals surface area contributed by atoms with Gasteiger partial charge < -0.3 is 14.8 Å². The van der Waals surface area contributed by atoms with Gasteiger partial charge in [-0.1, -0.05) is 25.1 Å². The van der Waals surface area contributed by atoms with Crippen LogP contribution < -0.4 is 10.1 Å². The fourth-order valence-corrected chi connectivity index (χ4v) is 1.82. The molecule has 0 heterocycles. The summed E-state index contributed by atoms with van der Waals surface area (Å²) >= 11 is 0. The molecule has 0 amide bonds. The van der Waals surface area contributed by atoms with Crippen molar-refractivity contribution < 1.29 is 14.3 Å². The zero-order valence-electron chi connectivity index (χ0n) is 12.1. The molecule has 1 rings (SSSR count). The number of rotatable bonds is 7. The zero-order chi connectivity index (χ0) is 14.3. The van der Waals surface area contributed by atoms with Gasteiger partial charge in [0.05, 0.1) is 6.10 Å². The maximum Gasteiger partial charge on any atom is 0.344 e. The van der Waals surface area contributed by atoms with Crippen molar-refractivity contribution in [1.29, 1.82) is 0 Å². The fraction of sp³-hybridized carbons (Fsp3) is 0.533. The minimum Gasteiger partial charge on any atom is -0.482 e. The van der Waals surface area contributed by atoms with Gasteiger partial charge in [-0.05, 0) is 33.4 Å². The first-order valence-corrected chi connectivity index (χ1v) is 6.69. The zero-order valence-corrected chi connectivity index (χ0v) is 12.1. The van der Waals surface area contributed by atoms with E-state index in [1.54, 1.807) is 0 Å². The smallest absolute Gasteiger partial charge is 0.344 e. The molecule has 4 nitrogen and oxygen atoms in total. The van der Waals surface area contributed by atoms with Crippen molar-refractivity contribution in [2.24, 2.45) is 0 Å². The van der Waals surface area contributed by atoms with Crippen LogP contribution in [0.4, 0.5) is 0 Å². The maximum absolute atomic E-state index is 11.5. The van der Waals surface area contributed by atoms with Gasteiger partial charge in [0.1, 0.15) is 5.75 Å². The molecule has 1 unspecified atom stereocenters. The molecule has 0 aliphatic carbocycles. The Bertz CT molecular complexity index is 404. The number of ether oxygens (including phenoxy) is 2.